The van der Waals surface area contributed by atoms with Gasteiger partial charge in [-0.1, -0.05) is 42.1 Å². The number of nitrogens with one attached hydrogen (secondary N) is 1. The smallest absolute Gasteiger partial charge is 0.230 e. The van der Waals surface area contributed by atoms with Gasteiger partial charge < -0.3 is 10.1 Å². The molecule has 2 aromatic carbocycles. The normalized spacial score (nSPS) is 10.7. The minimum atomic E-state index is 0.00634. The number of carbonyl (C=O) groups is 1. The van der Waals surface area contributed by atoms with Crippen LogP contribution in [0.1, 0.15) is 18.1 Å². The molecule has 0 saturated heterocycles. The van der Waals surface area contributed by atoms with Crippen LogP contribution in [0, 0.1) is 6.92 Å². The molecule has 0 atom stereocenters. The van der Waals surface area contributed by atoms with Crippen molar-refractivity contribution in [3.63, 3.8) is 0 Å². The van der Waals surface area contributed by atoms with Crippen molar-refractivity contribution in [1.82, 2.24) is 10.3 Å². The van der Waals surface area contributed by atoms with E-state index in [1.807, 2.05) is 62.4 Å². The standard InChI is InChI=1S/C21H22N2O2S/c1-3-25-18-9-10-19-17(12-18)11-15(2)21(23-19)26-14-20(24)22-13-16-7-5-4-6-8-16/h4-12H,3,13-14H2,1-2H3,(H,22,24). The first-order valence-electron chi connectivity index (χ1n) is 8.63. The van der Waals surface area contributed by atoms with Crippen LogP contribution in [0.25, 0.3) is 10.9 Å². The summed E-state index contributed by atoms with van der Waals surface area (Å²) in [6.45, 7) is 5.18. The van der Waals surface area contributed by atoms with Gasteiger partial charge in [-0.2, -0.15) is 0 Å². The molecule has 0 unspecified atom stereocenters. The number of aromatic nitrogens is 1. The highest BCUT2D eigenvalue weighted by atomic mass is 32.2. The fraction of sp³-hybridized carbons (Fsp3) is 0.238. The van der Waals surface area contributed by atoms with Gasteiger partial charge in [-0.05, 0) is 49.2 Å². The first-order chi connectivity index (χ1) is 12.7. The van der Waals surface area contributed by atoms with Crippen molar-refractivity contribution in [3.05, 3.63) is 65.7 Å². The van der Waals surface area contributed by atoms with E-state index in [9.17, 15) is 4.79 Å². The average molecular weight is 366 g/mol. The summed E-state index contributed by atoms with van der Waals surface area (Å²) in [4.78, 5) is 16.8. The van der Waals surface area contributed by atoms with Gasteiger partial charge in [-0.25, -0.2) is 4.98 Å². The van der Waals surface area contributed by atoms with Gasteiger partial charge >= 0.3 is 0 Å². The molecule has 0 saturated carbocycles. The van der Waals surface area contributed by atoms with Crippen molar-refractivity contribution in [2.45, 2.75) is 25.4 Å². The zero-order valence-corrected chi connectivity index (χ0v) is 15.8. The molecule has 0 fully saturated rings. The van der Waals surface area contributed by atoms with Crippen LogP contribution in [0.4, 0.5) is 0 Å². The van der Waals surface area contributed by atoms with Gasteiger partial charge in [0.05, 0.1) is 17.9 Å². The Morgan fingerprint density at radius 1 is 1.15 bits per heavy atom. The van der Waals surface area contributed by atoms with Gasteiger partial charge in [-0.15, -0.1) is 0 Å². The Morgan fingerprint density at radius 3 is 2.73 bits per heavy atom. The molecule has 0 aliphatic rings. The highest BCUT2D eigenvalue weighted by Crippen LogP contribution is 2.26. The third-order valence-corrected chi connectivity index (χ3v) is 5.01. The van der Waals surface area contributed by atoms with E-state index in [0.29, 0.717) is 18.9 Å². The van der Waals surface area contributed by atoms with E-state index < -0.39 is 0 Å². The number of fused-ring (bicyclic) bond motifs is 1. The second-order valence-corrected chi connectivity index (χ2v) is 6.91. The quantitative estimate of drug-likeness (QED) is 0.632. The van der Waals surface area contributed by atoms with Crippen LogP contribution in [0.15, 0.2) is 59.6 Å². The maximum Gasteiger partial charge on any atom is 0.230 e. The number of hydrogen-bond acceptors (Lipinski definition) is 4. The van der Waals surface area contributed by atoms with E-state index in [4.69, 9.17) is 9.72 Å². The Balaban J connectivity index is 1.62. The van der Waals surface area contributed by atoms with Gasteiger partial charge in [0.2, 0.25) is 5.91 Å². The van der Waals surface area contributed by atoms with Crippen LogP contribution < -0.4 is 10.1 Å². The largest absolute Gasteiger partial charge is 0.494 e. The molecule has 0 bridgehead atoms. The van der Waals surface area contributed by atoms with Crippen molar-refractivity contribution >= 4 is 28.6 Å². The molecule has 1 heterocycles. The first kappa shape index (κ1) is 18.3. The Hall–Kier alpha value is -2.53. The number of carbonyl (C=O) groups excluding carboxylic acids is 1. The van der Waals surface area contributed by atoms with Crippen molar-refractivity contribution in [1.29, 1.82) is 0 Å². The molecule has 0 radical (unpaired) electrons. The number of thioether (sulfide) groups is 1. The van der Waals surface area contributed by atoms with Crippen LogP contribution in [0.2, 0.25) is 0 Å². The third kappa shape index (κ3) is 4.76. The second kappa shape index (κ2) is 8.72. The summed E-state index contributed by atoms with van der Waals surface area (Å²) in [6, 6.07) is 17.9. The number of pyridine rings is 1. The lowest BCUT2D eigenvalue weighted by atomic mass is 10.1. The molecule has 0 aliphatic heterocycles. The van der Waals surface area contributed by atoms with Crippen LogP contribution in [0.5, 0.6) is 5.75 Å². The maximum absolute atomic E-state index is 12.1. The van der Waals surface area contributed by atoms with Gasteiger partial charge in [0.25, 0.3) is 0 Å². The molecule has 0 aliphatic carbocycles. The van der Waals surface area contributed by atoms with Crippen LogP contribution in [0.3, 0.4) is 0 Å². The monoisotopic (exact) mass is 366 g/mol. The second-order valence-electron chi connectivity index (χ2n) is 5.95. The summed E-state index contributed by atoms with van der Waals surface area (Å²) < 4.78 is 5.54. The Morgan fingerprint density at radius 2 is 1.96 bits per heavy atom. The molecular formula is C21H22N2O2S. The fourth-order valence-corrected chi connectivity index (χ4v) is 3.45. The summed E-state index contributed by atoms with van der Waals surface area (Å²) in [5.41, 5.74) is 3.06. The molecule has 1 aromatic heterocycles. The molecule has 3 rings (SSSR count). The minimum absolute atomic E-state index is 0.00634. The predicted octanol–water partition coefficient (Wildman–Crippen LogP) is 4.35. The summed E-state index contributed by atoms with van der Waals surface area (Å²) in [5, 5.41) is 4.88. The lowest BCUT2D eigenvalue weighted by molar-refractivity contribution is -0.118. The van der Waals surface area contributed by atoms with E-state index in [0.717, 1.165) is 32.8 Å². The number of amides is 1. The molecule has 26 heavy (non-hydrogen) atoms. The number of ether oxygens (including phenoxy) is 1. The number of benzene rings is 2. The van der Waals surface area contributed by atoms with Gasteiger partial charge in [0, 0.05) is 11.9 Å². The Labute approximate surface area is 158 Å². The molecule has 1 N–H and O–H groups in total. The highest BCUT2D eigenvalue weighted by Gasteiger charge is 2.09. The zero-order chi connectivity index (χ0) is 18.4. The molecular weight excluding hydrogens is 344 g/mol. The topological polar surface area (TPSA) is 51.2 Å². The molecule has 134 valence electrons. The first-order valence-corrected chi connectivity index (χ1v) is 9.62. The van der Waals surface area contributed by atoms with Gasteiger partial charge in [0.1, 0.15) is 10.8 Å². The highest BCUT2D eigenvalue weighted by molar-refractivity contribution is 7.99. The average Bonchev–Trinajstić information content (AvgIpc) is 2.66. The van der Waals surface area contributed by atoms with E-state index in [1.165, 1.54) is 11.8 Å². The lowest BCUT2D eigenvalue weighted by Crippen LogP contribution is -2.24. The maximum atomic E-state index is 12.1. The fourth-order valence-electron chi connectivity index (χ4n) is 2.63. The third-order valence-electron chi connectivity index (χ3n) is 3.91. The van der Waals surface area contributed by atoms with Crippen LogP contribution in [-0.2, 0) is 11.3 Å². The van der Waals surface area contributed by atoms with Crippen LogP contribution in [-0.4, -0.2) is 23.3 Å². The number of rotatable bonds is 7. The van der Waals surface area contributed by atoms with Gasteiger partial charge in [0.15, 0.2) is 0 Å². The van der Waals surface area contributed by atoms with Crippen molar-refractivity contribution < 1.29 is 9.53 Å². The van der Waals surface area contributed by atoms with E-state index in [1.54, 1.807) is 0 Å². The Bertz CT molecular complexity index is 897. The summed E-state index contributed by atoms with van der Waals surface area (Å²) in [6.07, 6.45) is 0. The van der Waals surface area contributed by atoms with Gasteiger partial charge in [-0.3, -0.25) is 4.79 Å². The van der Waals surface area contributed by atoms with E-state index in [-0.39, 0.29) is 5.91 Å². The number of hydrogen-bond donors (Lipinski definition) is 1. The molecule has 5 heteroatoms. The van der Waals surface area contributed by atoms with E-state index in [2.05, 4.69) is 11.4 Å². The minimum Gasteiger partial charge on any atom is -0.494 e. The SMILES string of the molecule is CCOc1ccc2nc(SCC(=O)NCc3ccccc3)c(C)cc2c1. The van der Waals surface area contributed by atoms with Crippen LogP contribution >= 0.6 is 11.8 Å². The summed E-state index contributed by atoms with van der Waals surface area (Å²) >= 11 is 1.47. The predicted molar refractivity (Wildman–Crippen MR) is 107 cm³/mol. The van der Waals surface area contributed by atoms with E-state index >= 15 is 0 Å². The summed E-state index contributed by atoms with van der Waals surface area (Å²) in [7, 11) is 0. The molecule has 1 amide bonds. The van der Waals surface area contributed by atoms with Crippen molar-refractivity contribution in [2.24, 2.45) is 0 Å². The number of aryl methyl sites for hydroxylation is 1. The Kier molecular flexibility index (Phi) is 6.12. The summed E-state index contributed by atoms with van der Waals surface area (Å²) in [5.74, 6) is 1.21. The lowest BCUT2D eigenvalue weighted by Gasteiger charge is -2.09. The zero-order valence-electron chi connectivity index (χ0n) is 15.0. The van der Waals surface area contributed by atoms with Crippen molar-refractivity contribution in [3.8, 4) is 5.75 Å². The van der Waals surface area contributed by atoms with Crippen molar-refractivity contribution in [2.75, 3.05) is 12.4 Å². The number of nitrogens with zero attached hydrogens (tertiary/aromatic N) is 1. The molecule has 0 spiro atoms. The molecule has 3 aromatic rings. The molecule has 4 nitrogen and oxygen atoms in total.